The van der Waals surface area contributed by atoms with Crippen LogP contribution in [0.1, 0.15) is 23.6 Å². The minimum Gasteiger partial charge on any atom is -0.310 e. The molecule has 0 spiro atoms. The molecule has 2 aromatic carbocycles. The van der Waals surface area contributed by atoms with Crippen molar-refractivity contribution in [2.24, 2.45) is 5.92 Å². The Kier molecular flexibility index (Phi) is 10.7. The number of hydrogen-bond acceptors (Lipinski definition) is 6. The normalized spacial score (nSPS) is 11.9. The molecule has 1 unspecified atom stereocenters. The van der Waals surface area contributed by atoms with Crippen LogP contribution in [0, 0.1) is 5.92 Å². The van der Waals surface area contributed by atoms with Crippen molar-refractivity contribution in [2.75, 3.05) is 11.4 Å². The van der Waals surface area contributed by atoms with Crippen molar-refractivity contribution in [2.45, 2.75) is 19.9 Å². The van der Waals surface area contributed by atoms with Crippen LogP contribution < -0.4 is 9.62 Å². The molecule has 0 saturated heterocycles. The van der Waals surface area contributed by atoms with Gasteiger partial charge in [0, 0.05) is 18.9 Å². The Labute approximate surface area is 240 Å². The van der Waals surface area contributed by atoms with Crippen LogP contribution in [0.3, 0.4) is 0 Å². The number of aromatic nitrogens is 3. The number of hydrogen-bond donors (Lipinski definition) is 1. The molecule has 2 aromatic heterocycles. The van der Waals surface area contributed by atoms with Gasteiger partial charge in [-0.2, -0.15) is 5.10 Å². The van der Waals surface area contributed by atoms with Crippen LogP contribution in [0.25, 0.3) is 6.08 Å². The first-order valence-electron chi connectivity index (χ1n) is 12.4. The second-order valence-corrected chi connectivity index (χ2v) is 10.4. The minimum atomic E-state index is -4.17. The molecule has 0 aliphatic carbocycles. The number of benzene rings is 2. The summed E-state index contributed by atoms with van der Waals surface area (Å²) in [5.41, 5.74) is 2.83. The van der Waals surface area contributed by atoms with Gasteiger partial charge in [-0.25, -0.2) is 13.1 Å². The molecule has 9 nitrogen and oxygen atoms in total. The van der Waals surface area contributed by atoms with Crippen LogP contribution in [0.2, 0.25) is 0 Å². The van der Waals surface area contributed by atoms with Gasteiger partial charge in [-0.1, -0.05) is 60.7 Å². The van der Waals surface area contributed by atoms with E-state index in [2.05, 4.69) is 14.8 Å². The number of anilines is 1. The van der Waals surface area contributed by atoms with E-state index in [0.717, 1.165) is 11.0 Å². The van der Waals surface area contributed by atoms with Crippen molar-refractivity contribution in [3.05, 3.63) is 120 Å². The van der Waals surface area contributed by atoms with Gasteiger partial charge in [-0.15, -0.1) is 12.4 Å². The average Bonchev–Trinajstić information content (AvgIpc) is 3.39. The summed E-state index contributed by atoms with van der Waals surface area (Å²) in [5.74, 6) is -2.78. The van der Waals surface area contributed by atoms with E-state index in [-0.39, 0.29) is 25.4 Å². The van der Waals surface area contributed by atoms with Gasteiger partial charge in [0.15, 0.2) is 0 Å². The van der Waals surface area contributed by atoms with E-state index in [0.29, 0.717) is 23.4 Å². The fourth-order valence-corrected chi connectivity index (χ4v) is 4.87. The van der Waals surface area contributed by atoms with Gasteiger partial charge in [0.1, 0.15) is 5.92 Å². The van der Waals surface area contributed by atoms with Gasteiger partial charge in [-0.05, 0) is 48.2 Å². The third-order valence-corrected chi connectivity index (χ3v) is 6.93. The molecule has 40 heavy (non-hydrogen) atoms. The zero-order valence-corrected chi connectivity index (χ0v) is 23.5. The van der Waals surface area contributed by atoms with Gasteiger partial charge < -0.3 is 4.90 Å². The van der Waals surface area contributed by atoms with E-state index in [1.165, 1.54) is 17.2 Å². The Morgan fingerprint density at radius 2 is 1.68 bits per heavy atom. The predicted molar refractivity (Wildman–Crippen MR) is 157 cm³/mol. The van der Waals surface area contributed by atoms with Crippen molar-refractivity contribution in [3.8, 4) is 0 Å². The SMILES string of the molecule is CCN(C(=O)C(Cc1cnn(Cc2ccccc2)c1)C(=O)NS(=O)(=O)/C=C/c1ccccc1)c1cccnc1.Cl. The number of carbonyl (C=O) groups is 2. The van der Waals surface area contributed by atoms with Gasteiger partial charge >= 0.3 is 0 Å². The first-order valence-corrected chi connectivity index (χ1v) is 14.0. The number of rotatable bonds is 11. The van der Waals surface area contributed by atoms with Gasteiger partial charge in [0.05, 0.1) is 30.0 Å². The monoisotopic (exact) mass is 579 g/mol. The zero-order chi connectivity index (χ0) is 27.7. The lowest BCUT2D eigenvalue weighted by atomic mass is 9.99. The van der Waals surface area contributed by atoms with Crippen LogP contribution >= 0.6 is 12.4 Å². The Morgan fingerprint density at radius 3 is 2.33 bits per heavy atom. The number of nitrogens with one attached hydrogen (secondary N) is 1. The minimum absolute atomic E-state index is 0. The molecule has 0 bridgehead atoms. The standard InChI is InChI=1S/C29H29N5O4S.ClH/c1-2-34(26-14-9-16-30-20-26)29(36)27(18-25-19-31-33(22-25)21-24-12-7-4-8-13-24)28(35)32-39(37,38)17-15-23-10-5-3-6-11-23;/h3-17,19-20,22,27H,2,18,21H2,1H3,(H,32,35);1H/b17-15+;. The molecular weight excluding hydrogens is 550 g/mol. The number of carbonyl (C=O) groups excluding carboxylic acids is 2. The van der Waals surface area contributed by atoms with E-state index in [1.54, 1.807) is 66.6 Å². The van der Waals surface area contributed by atoms with Gasteiger partial charge in [-0.3, -0.25) is 19.3 Å². The Hall–Kier alpha value is -4.28. The Morgan fingerprint density at radius 1 is 0.975 bits per heavy atom. The molecule has 0 aliphatic heterocycles. The van der Waals surface area contributed by atoms with Crippen LogP contribution in [-0.4, -0.2) is 41.5 Å². The highest BCUT2D eigenvalue weighted by molar-refractivity contribution is 7.93. The highest BCUT2D eigenvalue weighted by Crippen LogP contribution is 2.19. The van der Waals surface area contributed by atoms with Crippen molar-refractivity contribution in [1.29, 1.82) is 0 Å². The number of amides is 2. The maximum atomic E-state index is 13.7. The van der Waals surface area contributed by atoms with E-state index in [9.17, 15) is 18.0 Å². The maximum absolute atomic E-state index is 13.7. The van der Waals surface area contributed by atoms with Crippen molar-refractivity contribution >= 4 is 46.0 Å². The Balaban J connectivity index is 0.00000441. The zero-order valence-electron chi connectivity index (χ0n) is 21.8. The van der Waals surface area contributed by atoms with Gasteiger partial charge in [0.2, 0.25) is 11.8 Å². The summed E-state index contributed by atoms with van der Waals surface area (Å²) in [6.07, 6.45) is 7.79. The highest BCUT2D eigenvalue weighted by Gasteiger charge is 2.33. The molecular formula is C29H30ClN5O4S. The topological polar surface area (TPSA) is 114 Å². The summed E-state index contributed by atoms with van der Waals surface area (Å²) in [4.78, 5) is 32.5. The smallest absolute Gasteiger partial charge is 0.257 e. The van der Waals surface area contributed by atoms with E-state index >= 15 is 0 Å². The van der Waals surface area contributed by atoms with E-state index in [1.807, 2.05) is 36.4 Å². The first kappa shape index (κ1) is 30.3. The quantitative estimate of drug-likeness (QED) is 0.268. The summed E-state index contributed by atoms with van der Waals surface area (Å²) in [6, 6.07) is 22.0. The lowest BCUT2D eigenvalue weighted by Gasteiger charge is -2.25. The molecule has 4 aromatic rings. The third-order valence-electron chi connectivity index (χ3n) is 5.95. The molecule has 1 N–H and O–H groups in total. The van der Waals surface area contributed by atoms with Gasteiger partial charge in [0.25, 0.3) is 10.0 Å². The number of sulfonamides is 1. The summed E-state index contributed by atoms with van der Waals surface area (Å²) < 4.78 is 29.3. The molecule has 0 saturated carbocycles. The second-order valence-electron chi connectivity index (χ2n) is 8.81. The lowest BCUT2D eigenvalue weighted by Crippen LogP contribution is -2.46. The van der Waals surface area contributed by atoms with Crippen molar-refractivity contribution in [3.63, 3.8) is 0 Å². The molecule has 1 atom stereocenters. The number of pyridine rings is 1. The fourth-order valence-electron chi connectivity index (χ4n) is 4.04. The molecule has 0 aliphatic rings. The van der Waals surface area contributed by atoms with Crippen LogP contribution in [0.15, 0.2) is 103 Å². The molecule has 0 radical (unpaired) electrons. The van der Waals surface area contributed by atoms with E-state index in [4.69, 9.17) is 0 Å². The molecule has 2 amide bonds. The van der Waals surface area contributed by atoms with Crippen LogP contribution in [-0.2, 0) is 32.6 Å². The van der Waals surface area contributed by atoms with Crippen molar-refractivity contribution < 1.29 is 18.0 Å². The number of halogens is 1. The molecule has 4 rings (SSSR count). The highest BCUT2D eigenvalue weighted by atomic mass is 35.5. The third kappa shape index (κ3) is 8.36. The fraction of sp³-hybridized carbons (Fsp3) is 0.172. The van der Waals surface area contributed by atoms with Crippen molar-refractivity contribution in [1.82, 2.24) is 19.5 Å². The summed E-state index contributed by atoms with van der Waals surface area (Å²) in [7, 11) is -4.17. The number of nitrogens with zero attached hydrogens (tertiary/aromatic N) is 4. The largest absolute Gasteiger partial charge is 0.310 e. The summed E-state index contributed by atoms with van der Waals surface area (Å²) in [6.45, 7) is 2.56. The first-order chi connectivity index (χ1) is 18.8. The molecule has 11 heteroatoms. The predicted octanol–water partition coefficient (Wildman–Crippen LogP) is 4.08. The maximum Gasteiger partial charge on any atom is 0.257 e. The molecule has 0 fully saturated rings. The Bertz CT molecular complexity index is 1530. The van der Waals surface area contributed by atoms with Crippen LogP contribution in [0.4, 0.5) is 5.69 Å². The second kappa shape index (κ2) is 14.2. The molecule has 208 valence electrons. The lowest BCUT2D eigenvalue weighted by molar-refractivity contribution is -0.132. The van der Waals surface area contributed by atoms with Crippen LogP contribution in [0.5, 0.6) is 0 Å². The summed E-state index contributed by atoms with van der Waals surface area (Å²) in [5, 5.41) is 5.28. The average molecular weight is 580 g/mol. The van der Waals surface area contributed by atoms with E-state index < -0.39 is 27.8 Å². The summed E-state index contributed by atoms with van der Waals surface area (Å²) >= 11 is 0. The molecule has 2 heterocycles.